The Hall–Kier alpha value is -3.46. The summed E-state index contributed by atoms with van der Waals surface area (Å²) in [4.78, 5) is 15.8. The van der Waals surface area contributed by atoms with E-state index in [1.165, 1.54) is 18.7 Å². The van der Waals surface area contributed by atoms with Gasteiger partial charge >= 0.3 is 0 Å². The number of carbonyl (C=O) groups excluding carboxylic acids is 1. The molecule has 9 heteroatoms. The number of nitrogens with one attached hydrogen (secondary N) is 1. The van der Waals surface area contributed by atoms with Crippen LogP contribution >= 0.6 is 11.8 Å². The molecule has 29 heavy (non-hydrogen) atoms. The minimum atomic E-state index is -0.124. The second-order valence-corrected chi connectivity index (χ2v) is 7.33. The molecule has 146 valence electrons. The van der Waals surface area contributed by atoms with E-state index in [0.717, 1.165) is 16.8 Å². The molecule has 8 nitrogen and oxygen atoms in total. The van der Waals surface area contributed by atoms with Crippen LogP contribution in [0.1, 0.15) is 18.4 Å². The lowest BCUT2D eigenvalue weighted by Crippen LogP contribution is -2.06. The SMILES string of the molecule is CC(=O)Nc1cccc(-n2cnnc2SCc2nc(-c3cccc(C)c3)no2)c1. The normalized spacial score (nSPS) is 10.8. The lowest BCUT2D eigenvalue weighted by atomic mass is 10.1. The average Bonchev–Trinajstić information content (AvgIpc) is 3.35. The van der Waals surface area contributed by atoms with Crippen LogP contribution in [0.25, 0.3) is 17.1 Å². The van der Waals surface area contributed by atoms with Crippen LogP contribution < -0.4 is 5.32 Å². The van der Waals surface area contributed by atoms with Gasteiger partial charge in [0.15, 0.2) is 5.16 Å². The van der Waals surface area contributed by atoms with Crippen molar-refractivity contribution in [2.75, 3.05) is 5.32 Å². The molecule has 0 aliphatic rings. The second kappa shape index (κ2) is 8.27. The summed E-state index contributed by atoms with van der Waals surface area (Å²) in [5, 5.41) is 15.7. The largest absolute Gasteiger partial charge is 0.338 e. The highest BCUT2D eigenvalue weighted by molar-refractivity contribution is 7.98. The van der Waals surface area contributed by atoms with Gasteiger partial charge in [0.05, 0.1) is 11.4 Å². The van der Waals surface area contributed by atoms with Gasteiger partial charge in [-0.25, -0.2) is 0 Å². The number of anilines is 1. The minimum absolute atomic E-state index is 0.124. The van der Waals surface area contributed by atoms with Crippen molar-refractivity contribution in [2.45, 2.75) is 24.8 Å². The molecule has 0 unspecified atom stereocenters. The first-order chi connectivity index (χ1) is 14.1. The minimum Gasteiger partial charge on any atom is -0.338 e. The monoisotopic (exact) mass is 406 g/mol. The van der Waals surface area contributed by atoms with Crippen molar-refractivity contribution in [3.63, 3.8) is 0 Å². The van der Waals surface area contributed by atoms with E-state index in [0.29, 0.717) is 28.3 Å². The molecular formula is C20H18N6O2S. The predicted octanol–water partition coefficient (Wildman–Crippen LogP) is 3.88. The van der Waals surface area contributed by atoms with Gasteiger partial charge in [-0.2, -0.15) is 4.98 Å². The van der Waals surface area contributed by atoms with Crippen molar-refractivity contribution >= 4 is 23.4 Å². The first kappa shape index (κ1) is 18.9. The first-order valence-electron chi connectivity index (χ1n) is 8.89. The molecule has 0 spiro atoms. The summed E-state index contributed by atoms with van der Waals surface area (Å²) in [6.07, 6.45) is 1.63. The highest BCUT2D eigenvalue weighted by Gasteiger charge is 2.13. The maximum Gasteiger partial charge on any atom is 0.237 e. The summed E-state index contributed by atoms with van der Waals surface area (Å²) < 4.78 is 7.22. The lowest BCUT2D eigenvalue weighted by Gasteiger charge is -2.08. The number of amides is 1. The highest BCUT2D eigenvalue weighted by atomic mass is 32.2. The number of aromatic nitrogens is 5. The molecule has 0 radical (unpaired) electrons. The Balaban J connectivity index is 1.49. The van der Waals surface area contributed by atoms with Crippen LogP contribution in [0.2, 0.25) is 0 Å². The number of hydrogen-bond donors (Lipinski definition) is 1. The molecule has 4 aromatic rings. The second-order valence-electron chi connectivity index (χ2n) is 6.38. The van der Waals surface area contributed by atoms with Crippen LogP contribution in [-0.2, 0) is 10.5 Å². The van der Waals surface area contributed by atoms with Crippen LogP contribution in [-0.4, -0.2) is 30.8 Å². The van der Waals surface area contributed by atoms with E-state index >= 15 is 0 Å². The van der Waals surface area contributed by atoms with Gasteiger partial charge in [0, 0.05) is 18.2 Å². The van der Waals surface area contributed by atoms with Crippen molar-refractivity contribution in [3.05, 3.63) is 66.3 Å². The van der Waals surface area contributed by atoms with E-state index in [1.807, 2.05) is 60.0 Å². The molecule has 2 aromatic heterocycles. The molecule has 2 aromatic carbocycles. The van der Waals surface area contributed by atoms with Gasteiger partial charge in [0.2, 0.25) is 17.6 Å². The van der Waals surface area contributed by atoms with Gasteiger partial charge < -0.3 is 9.84 Å². The van der Waals surface area contributed by atoms with Crippen molar-refractivity contribution in [1.29, 1.82) is 0 Å². The van der Waals surface area contributed by atoms with E-state index in [-0.39, 0.29) is 5.91 Å². The Bertz CT molecular complexity index is 1150. The zero-order chi connectivity index (χ0) is 20.2. The molecule has 0 aliphatic carbocycles. The quantitative estimate of drug-likeness (QED) is 0.485. The lowest BCUT2D eigenvalue weighted by molar-refractivity contribution is -0.114. The maximum absolute atomic E-state index is 11.3. The molecule has 0 saturated carbocycles. The molecule has 1 amide bonds. The number of rotatable bonds is 6. The Morgan fingerprint density at radius 3 is 2.90 bits per heavy atom. The fraction of sp³-hybridized carbons (Fsp3) is 0.150. The fourth-order valence-corrected chi connectivity index (χ4v) is 3.54. The fourth-order valence-electron chi connectivity index (χ4n) is 2.78. The summed E-state index contributed by atoms with van der Waals surface area (Å²) in [6.45, 7) is 3.50. The molecular weight excluding hydrogens is 388 g/mol. The predicted molar refractivity (Wildman–Crippen MR) is 110 cm³/mol. The standard InChI is InChI=1S/C20H18N6O2S/c1-13-5-3-6-15(9-13)19-23-18(28-25-19)11-29-20-24-21-12-26(20)17-8-4-7-16(10-17)22-14(2)27/h3-10,12H,11H2,1-2H3,(H,22,27). The Labute approximate surface area is 171 Å². The van der Waals surface area contributed by atoms with Crippen molar-refractivity contribution in [2.24, 2.45) is 0 Å². The van der Waals surface area contributed by atoms with E-state index in [4.69, 9.17) is 4.52 Å². The highest BCUT2D eigenvalue weighted by Crippen LogP contribution is 2.25. The van der Waals surface area contributed by atoms with E-state index < -0.39 is 0 Å². The van der Waals surface area contributed by atoms with Gasteiger partial charge in [-0.15, -0.1) is 10.2 Å². The molecule has 0 bridgehead atoms. The van der Waals surface area contributed by atoms with Crippen molar-refractivity contribution < 1.29 is 9.32 Å². The summed E-state index contributed by atoms with van der Waals surface area (Å²) >= 11 is 1.44. The Morgan fingerprint density at radius 1 is 1.21 bits per heavy atom. The van der Waals surface area contributed by atoms with E-state index in [2.05, 4.69) is 25.7 Å². The van der Waals surface area contributed by atoms with Crippen LogP contribution in [0.5, 0.6) is 0 Å². The Kier molecular flexibility index (Phi) is 5.39. The summed E-state index contributed by atoms with van der Waals surface area (Å²) in [5.74, 6) is 1.41. The van der Waals surface area contributed by atoms with Crippen molar-refractivity contribution in [3.8, 4) is 17.1 Å². The summed E-state index contributed by atoms with van der Waals surface area (Å²) in [5.41, 5.74) is 3.61. The molecule has 2 heterocycles. The van der Waals surface area contributed by atoms with E-state index in [9.17, 15) is 4.79 Å². The van der Waals surface area contributed by atoms with Gasteiger partial charge in [0.1, 0.15) is 6.33 Å². The van der Waals surface area contributed by atoms with Crippen LogP contribution in [0, 0.1) is 6.92 Å². The number of thioether (sulfide) groups is 1. The molecule has 0 aliphatic heterocycles. The van der Waals surface area contributed by atoms with E-state index in [1.54, 1.807) is 6.33 Å². The third-order valence-electron chi connectivity index (χ3n) is 4.03. The van der Waals surface area contributed by atoms with Gasteiger partial charge in [-0.1, -0.05) is 46.7 Å². The number of benzene rings is 2. The number of aryl methyl sites for hydroxylation is 1. The average molecular weight is 406 g/mol. The zero-order valence-electron chi connectivity index (χ0n) is 15.9. The molecule has 4 rings (SSSR count). The molecule has 0 saturated heterocycles. The molecule has 0 fully saturated rings. The Morgan fingerprint density at radius 2 is 2.07 bits per heavy atom. The van der Waals surface area contributed by atoms with Crippen LogP contribution in [0.15, 0.2) is 64.5 Å². The van der Waals surface area contributed by atoms with Gasteiger partial charge in [-0.3, -0.25) is 9.36 Å². The maximum atomic E-state index is 11.3. The number of nitrogens with zero attached hydrogens (tertiary/aromatic N) is 5. The third kappa shape index (κ3) is 4.52. The topological polar surface area (TPSA) is 98.7 Å². The first-order valence-corrected chi connectivity index (χ1v) is 9.87. The van der Waals surface area contributed by atoms with Crippen molar-refractivity contribution in [1.82, 2.24) is 24.9 Å². The molecule has 1 N–H and O–H groups in total. The number of carbonyl (C=O) groups is 1. The summed E-state index contributed by atoms with van der Waals surface area (Å²) in [6, 6.07) is 15.4. The van der Waals surface area contributed by atoms with Crippen LogP contribution in [0.4, 0.5) is 5.69 Å². The molecule has 0 atom stereocenters. The smallest absolute Gasteiger partial charge is 0.237 e. The number of hydrogen-bond acceptors (Lipinski definition) is 7. The summed E-state index contributed by atoms with van der Waals surface area (Å²) in [7, 11) is 0. The van der Waals surface area contributed by atoms with Crippen LogP contribution in [0.3, 0.4) is 0 Å². The zero-order valence-corrected chi connectivity index (χ0v) is 16.7. The van der Waals surface area contributed by atoms with Gasteiger partial charge in [-0.05, 0) is 31.2 Å². The van der Waals surface area contributed by atoms with Gasteiger partial charge in [0.25, 0.3) is 0 Å². The third-order valence-corrected chi connectivity index (χ3v) is 4.96.